The molecule has 0 heterocycles. The van der Waals surface area contributed by atoms with Gasteiger partial charge in [0.15, 0.2) is 0 Å². The van der Waals surface area contributed by atoms with Gasteiger partial charge in [0.25, 0.3) is 0 Å². The van der Waals surface area contributed by atoms with Crippen molar-refractivity contribution in [2.45, 2.75) is 39.2 Å². The van der Waals surface area contributed by atoms with Crippen LogP contribution in [0.25, 0.3) is 0 Å². The summed E-state index contributed by atoms with van der Waals surface area (Å²) in [6, 6.07) is 0.592. The molecule has 4 heteroatoms. The summed E-state index contributed by atoms with van der Waals surface area (Å²) >= 11 is 0. The highest BCUT2D eigenvalue weighted by Crippen LogP contribution is 1.96. The minimum absolute atomic E-state index is 0.592. The molecule has 1 N–H and O–H groups in total. The van der Waals surface area contributed by atoms with E-state index >= 15 is 0 Å². The highest BCUT2D eigenvalue weighted by Gasteiger charge is 1.98. The number of ether oxygens (including phenoxy) is 3. The molecule has 0 radical (unpaired) electrons. The van der Waals surface area contributed by atoms with Gasteiger partial charge in [-0.3, -0.25) is 0 Å². The number of methoxy groups -OCH3 is 1. The van der Waals surface area contributed by atoms with Gasteiger partial charge in [0, 0.05) is 33.0 Å². The average Bonchev–Trinajstić information content (AvgIpc) is 2.32. The molecule has 0 fully saturated rings. The third-order valence-electron chi connectivity index (χ3n) is 2.49. The van der Waals surface area contributed by atoms with Gasteiger partial charge in [0.05, 0.1) is 13.2 Å². The normalized spacial score (nSPS) is 12.9. The van der Waals surface area contributed by atoms with E-state index in [0.29, 0.717) is 19.3 Å². The van der Waals surface area contributed by atoms with E-state index in [2.05, 4.69) is 19.2 Å². The number of hydrogen-bond donors (Lipinski definition) is 1. The van der Waals surface area contributed by atoms with E-state index in [9.17, 15) is 0 Å². The minimum atomic E-state index is 0.592. The average molecular weight is 247 g/mol. The number of rotatable bonds is 13. The number of hydrogen-bond acceptors (Lipinski definition) is 4. The molecule has 0 aromatic carbocycles. The van der Waals surface area contributed by atoms with Crippen molar-refractivity contribution in [3.63, 3.8) is 0 Å². The van der Waals surface area contributed by atoms with E-state index in [0.717, 1.165) is 39.2 Å². The molecule has 0 aromatic rings. The number of nitrogens with one attached hydrogen (secondary N) is 1. The molecular formula is C13H29NO3. The standard InChI is InChI=1S/C13H29NO3/c1-4-14-13(2)7-5-9-16-11-12-17-10-6-8-15-3/h13-14H,4-12H2,1-3H3. The lowest BCUT2D eigenvalue weighted by atomic mass is 10.2. The Morgan fingerprint density at radius 1 is 0.941 bits per heavy atom. The summed E-state index contributed by atoms with van der Waals surface area (Å²) in [6.45, 7) is 9.12. The second-order valence-electron chi connectivity index (χ2n) is 4.17. The third-order valence-corrected chi connectivity index (χ3v) is 2.49. The second-order valence-corrected chi connectivity index (χ2v) is 4.17. The molecular weight excluding hydrogens is 218 g/mol. The predicted molar refractivity (Wildman–Crippen MR) is 70.5 cm³/mol. The Hall–Kier alpha value is -0.160. The molecule has 0 bridgehead atoms. The maximum absolute atomic E-state index is 5.48. The van der Waals surface area contributed by atoms with Crippen molar-refractivity contribution >= 4 is 0 Å². The minimum Gasteiger partial charge on any atom is -0.385 e. The largest absolute Gasteiger partial charge is 0.385 e. The lowest BCUT2D eigenvalue weighted by Gasteiger charge is -2.11. The fraction of sp³-hybridized carbons (Fsp3) is 1.00. The van der Waals surface area contributed by atoms with E-state index in [1.807, 2.05) is 0 Å². The molecule has 0 amide bonds. The monoisotopic (exact) mass is 247 g/mol. The lowest BCUT2D eigenvalue weighted by molar-refractivity contribution is 0.0383. The van der Waals surface area contributed by atoms with Gasteiger partial charge in [-0.1, -0.05) is 6.92 Å². The fourth-order valence-electron chi connectivity index (χ4n) is 1.57. The van der Waals surface area contributed by atoms with E-state index < -0.39 is 0 Å². The van der Waals surface area contributed by atoms with E-state index in [1.165, 1.54) is 6.42 Å². The van der Waals surface area contributed by atoms with Gasteiger partial charge in [-0.15, -0.1) is 0 Å². The van der Waals surface area contributed by atoms with Gasteiger partial charge < -0.3 is 19.5 Å². The summed E-state index contributed by atoms with van der Waals surface area (Å²) in [5, 5.41) is 3.38. The van der Waals surface area contributed by atoms with Gasteiger partial charge in [-0.05, 0) is 32.7 Å². The molecule has 0 saturated carbocycles. The van der Waals surface area contributed by atoms with E-state index in [4.69, 9.17) is 14.2 Å². The van der Waals surface area contributed by atoms with Gasteiger partial charge >= 0.3 is 0 Å². The van der Waals surface area contributed by atoms with Crippen LogP contribution >= 0.6 is 0 Å². The molecule has 0 aliphatic carbocycles. The first-order chi connectivity index (χ1) is 8.31. The SMILES string of the molecule is CCNC(C)CCCOCCOCCCOC. The van der Waals surface area contributed by atoms with Crippen LogP contribution in [0.5, 0.6) is 0 Å². The zero-order valence-electron chi connectivity index (χ0n) is 11.7. The fourth-order valence-corrected chi connectivity index (χ4v) is 1.57. The molecule has 0 aromatic heterocycles. The summed E-state index contributed by atoms with van der Waals surface area (Å²) in [5.74, 6) is 0. The van der Waals surface area contributed by atoms with Crippen LogP contribution in [-0.2, 0) is 14.2 Å². The summed E-state index contributed by atoms with van der Waals surface area (Å²) in [7, 11) is 1.71. The first-order valence-electron chi connectivity index (χ1n) is 6.69. The second kappa shape index (κ2) is 13.9. The first kappa shape index (κ1) is 16.8. The Labute approximate surface area is 106 Å². The Morgan fingerprint density at radius 2 is 1.59 bits per heavy atom. The van der Waals surface area contributed by atoms with Crippen LogP contribution in [-0.4, -0.2) is 52.7 Å². The van der Waals surface area contributed by atoms with Crippen molar-refractivity contribution in [3.8, 4) is 0 Å². The van der Waals surface area contributed by atoms with Crippen LogP contribution < -0.4 is 5.32 Å². The Balaban J connectivity index is 2.98. The summed E-state index contributed by atoms with van der Waals surface area (Å²) < 4.78 is 15.8. The lowest BCUT2D eigenvalue weighted by Crippen LogP contribution is -2.25. The zero-order valence-corrected chi connectivity index (χ0v) is 11.7. The quantitative estimate of drug-likeness (QED) is 0.504. The topological polar surface area (TPSA) is 39.7 Å². The van der Waals surface area contributed by atoms with Crippen LogP contribution in [0, 0.1) is 0 Å². The van der Waals surface area contributed by atoms with Gasteiger partial charge in [0.2, 0.25) is 0 Å². The summed E-state index contributed by atoms with van der Waals surface area (Å²) in [6.07, 6.45) is 3.23. The molecule has 4 nitrogen and oxygen atoms in total. The van der Waals surface area contributed by atoms with Crippen LogP contribution in [0.2, 0.25) is 0 Å². The van der Waals surface area contributed by atoms with E-state index in [1.54, 1.807) is 7.11 Å². The molecule has 0 spiro atoms. The molecule has 17 heavy (non-hydrogen) atoms. The van der Waals surface area contributed by atoms with Crippen molar-refractivity contribution in [2.75, 3.05) is 46.7 Å². The van der Waals surface area contributed by atoms with Crippen LogP contribution in [0.1, 0.15) is 33.1 Å². The Kier molecular flexibility index (Phi) is 13.8. The molecule has 0 aliphatic rings. The molecule has 1 unspecified atom stereocenters. The highest BCUT2D eigenvalue weighted by atomic mass is 16.5. The van der Waals surface area contributed by atoms with Crippen molar-refractivity contribution in [3.05, 3.63) is 0 Å². The molecule has 1 atom stereocenters. The van der Waals surface area contributed by atoms with Gasteiger partial charge in [0.1, 0.15) is 0 Å². The third kappa shape index (κ3) is 13.8. The Morgan fingerprint density at radius 3 is 2.18 bits per heavy atom. The summed E-state index contributed by atoms with van der Waals surface area (Å²) in [5.41, 5.74) is 0. The van der Waals surface area contributed by atoms with Gasteiger partial charge in [-0.2, -0.15) is 0 Å². The molecule has 0 rings (SSSR count). The highest BCUT2D eigenvalue weighted by molar-refractivity contribution is 4.58. The maximum atomic E-state index is 5.48. The van der Waals surface area contributed by atoms with Crippen molar-refractivity contribution in [2.24, 2.45) is 0 Å². The van der Waals surface area contributed by atoms with Crippen LogP contribution in [0.15, 0.2) is 0 Å². The smallest absolute Gasteiger partial charge is 0.0700 e. The molecule has 0 aliphatic heterocycles. The zero-order chi connectivity index (χ0) is 12.8. The molecule has 104 valence electrons. The van der Waals surface area contributed by atoms with Crippen LogP contribution in [0.4, 0.5) is 0 Å². The maximum Gasteiger partial charge on any atom is 0.0700 e. The van der Waals surface area contributed by atoms with Crippen LogP contribution in [0.3, 0.4) is 0 Å². The van der Waals surface area contributed by atoms with Crippen molar-refractivity contribution in [1.29, 1.82) is 0 Å². The van der Waals surface area contributed by atoms with Crippen molar-refractivity contribution in [1.82, 2.24) is 5.32 Å². The Bertz CT molecular complexity index is 145. The van der Waals surface area contributed by atoms with E-state index in [-0.39, 0.29) is 0 Å². The first-order valence-corrected chi connectivity index (χ1v) is 6.69. The molecule has 0 saturated heterocycles. The van der Waals surface area contributed by atoms with Crippen molar-refractivity contribution < 1.29 is 14.2 Å². The van der Waals surface area contributed by atoms with Gasteiger partial charge in [-0.25, -0.2) is 0 Å². The predicted octanol–water partition coefficient (Wildman–Crippen LogP) is 1.83. The summed E-state index contributed by atoms with van der Waals surface area (Å²) in [4.78, 5) is 0.